The molecule has 0 spiro atoms. The van der Waals surface area contributed by atoms with Gasteiger partial charge >= 0.3 is 5.97 Å². The molecule has 96 valence electrons. The van der Waals surface area contributed by atoms with Gasteiger partial charge in [0.05, 0.1) is 11.0 Å². The first-order chi connectivity index (χ1) is 8.44. The zero-order chi connectivity index (χ0) is 13.3. The van der Waals surface area contributed by atoms with Crippen LogP contribution in [0.1, 0.15) is 28.8 Å². The van der Waals surface area contributed by atoms with Gasteiger partial charge in [0.15, 0.2) is 0 Å². The molecule has 2 N–H and O–H groups in total. The van der Waals surface area contributed by atoms with Crippen molar-refractivity contribution in [2.45, 2.75) is 19.8 Å². The molecule has 1 saturated carbocycles. The van der Waals surface area contributed by atoms with Crippen LogP contribution < -0.4 is 5.32 Å². The highest BCUT2D eigenvalue weighted by Gasteiger charge is 2.50. The quantitative estimate of drug-likeness (QED) is 0.897. The highest BCUT2D eigenvalue weighted by molar-refractivity contribution is 9.10. The van der Waals surface area contributed by atoms with Crippen molar-refractivity contribution in [2.75, 3.05) is 6.54 Å². The number of nitrogens with one attached hydrogen (secondary N) is 1. The lowest BCUT2D eigenvalue weighted by atomic mass is 10.1. The van der Waals surface area contributed by atoms with E-state index < -0.39 is 11.4 Å². The van der Waals surface area contributed by atoms with Gasteiger partial charge in [0, 0.05) is 11.0 Å². The van der Waals surface area contributed by atoms with Crippen LogP contribution in [0.25, 0.3) is 0 Å². The summed E-state index contributed by atoms with van der Waals surface area (Å²) in [5.74, 6) is -1.07. The number of rotatable bonds is 4. The molecule has 0 radical (unpaired) electrons. The summed E-state index contributed by atoms with van der Waals surface area (Å²) in [6, 6.07) is 5.44. The molecule has 1 amide bonds. The summed E-state index contributed by atoms with van der Waals surface area (Å²) in [6.07, 6.45) is 1.27. The predicted octanol–water partition coefficient (Wildman–Crippen LogP) is 2.35. The molecule has 1 fully saturated rings. The van der Waals surface area contributed by atoms with Crippen LogP contribution in [0.3, 0.4) is 0 Å². The number of carbonyl (C=O) groups is 2. The Bertz CT molecular complexity index is 509. The molecule has 0 atom stereocenters. The molecule has 1 aliphatic rings. The molecule has 0 aliphatic heterocycles. The topological polar surface area (TPSA) is 66.4 Å². The lowest BCUT2D eigenvalue weighted by molar-refractivity contribution is -0.143. The van der Waals surface area contributed by atoms with Gasteiger partial charge in [0.1, 0.15) is 0 Å². The first kappa shape index (κ1) is 13.1. The Morgan fingerprint density at radius 1 is 1.44 bits per heavy atom. The summed E-state index contributed by atoms with van der Waals surface area (Å²) in [5.41, 5.74) is 0.858. The number of aliphatic carboxylic acids is 1. The zero-order valence-corrected chi connectivity index (χ0v) is 11.6. The number of carbonyl (C=O) groups excluding carboxylic acids is 1. The van der Waals surface area contributed by atoms with E-state index >= 15 is 0 Å². The van der Waals surface area contributed by atoms with Gasteiger partial charge in [-0.15, -0.1) is 0 Å². The van der Waals surface area contributed by atoms with Crippen molar-refractivity contribution in [2.24, 2.45) is 5.41 Å². The Morgan fingerprint density at radius 2 is 2.11 bits per heavy atom. The first-order valence-corrected chi connectivity index (χ1v) is 6.52. The lowest BCUT2D eigenvalue weighted by Gasteiger charge is -2.12. The Hall–Kier alpha value is -1.36. The molecule has 0 aromatic heterocycles. The largest absolute Gasteiger partial charge is 0.481 e. The highest BCUT2D eigenvalue weighted by Crippen LogP contribution is 2.45. The summed E-state index contributed by atoms with van der Waals surface area (Å²) in [4.78, 5) is 22.9. The number of carboxylic acids is 1. The van der Waals surface area contributed by atoms with Crippen LogP contribution in [-0.4, -0.2) is 23.5 Å². The minimum Gasteiger partial charge on any atom is -0.481 e. The first-order valence-electron chi connectivity index (χ1n) is 5.72. The van der Waals surface area contributed by atoms with Crippen LogP contribution >= 0.6 is 15.9 Å². The van der Waals surface area contributed by atoms with Crippen molar-refractivity contribution < 1.29 is 14.7 Å². The number of amides is 1. The predicted molar refractivity (Wildman–Crippen MR) is 70.5 cm³/mol. The van der Waals surface area contributed by atoms with Gasteiger partial charge in [-0.1, -0.05) is 6.07 Å². The van der Waals surface area contributed by atoms with Crippen molar-refractivity contribution in [3.05, 3.63) is 33.8 Å². The Labute approximate surface area is 114 Å². The number of hydrogen-bond acceptors (Lipinski definition) is 2. The second kappa shape index (κ2) is 4.72. The summed E-state index contributed by atoms with van der Waals surface area (Å²) in [7, 11) is 0. The van der Waals surface area contributed by atoms with E-state index in [4.69, 9.17) is 5.11 Å². The van der Waals surface area contributed by atoms with Crippen molar-refractivity contribution in [1.82, 2.24) is 5.32 Å². The average Bonchev–Trinajstić information content (AvgIpc) is 3.07. The third-order valence-corrected chi connectivity index (χ3v) is 3.92. The van der Waals surface area contributed by atoms with Gasteiger partial charge < -0.3 is 10.4 Å². The van der Waals surface area contributed by atoms with E-state index in [2.05, 4.69) is 21.2 Å². The minimum atomic E-state index is -0.828. The van der Waals surface area contributed by atoms with Crippen molar-refractivity contribution >= 4 is 27.8 Å². The lowest BCUT2D eigenvalue weighted by Crippen LogP contribution is -2.34. The number of benzene rings is 1. The van der Waals surface area contributed by atoms with E-state index in [9.17, 15) is 9.59 Å². The van der Waals surface area contributed by atoms with E-state index in [1.165, 1.54) is 0 Å². The molecule has 0 bridgehead atoms. The summed E-state index contributed by atoms with van der Waals surface area (Å²) < 4.78 is 0.722. The number of carboxylic acid groups (broad SMARTS) is 1. The molecule has 18 heavy (non-hydrogen) atoms. The summed E-state index contributed by atoms with van der Waals surface area (Å²) >= 11 is 3.34. The average molecular weight is 312 g/mol. The van der Waals surface area contributed by atoms with Crippen LogP contribution in [0.2, 0.25) is 0 Å². The Balaban J connectivity index is 2.02. The molecule has 0 unspecified atom stereocenters. The molecule has 0 saturated heterocycles. The fourth-order valence-electron chi connectivity index (χ4n) is 1.77. The molecular weight excluding hydrogens is 298 g/mol. The highest BCUT2D eigenvalue weighted by atomic mass is 79.9. The van der Waals surface area contributed by atoms with E-state index in [1.54, 1.807) is 6.07 Å². The maximum atomic E-state index is 11.9. The second-order valence-electron chi connectivity index (χ2n) is 4.75. The molecule has 0 heterocycles. The molecule has 2 rings (SSSR count). The van der Waals surface area contributed by atoms with Gasteiger partial charge in [0.25, 0.3) is 5.91 Å². The molecule has 1 aliphatic carbocycles. The number of hydrogen-bond donors (Lipinski definition) is 2. The molecule has 5 heteroatoms. The van der Waals surface area contributed by atoms with Crippen LogP contribution in [-0.2, 0) is 4.79 Å². The number of halogens is 1. The van der Waals surface area contributed by atoms with Crippen LogP contribution in [0.4, 0.5) is 0 Å². The van der Waals surface area contributed by atoms with Gasteiger partial charge in [-0.3, -0.25) is 9.59 Å². The monoisotopic (exact) mass is 311 g/mol. The summed E-state index contributed by atoms with van der Waals surface area (Å²) in [6.45, 7) is 2.14. The SMILES string of the molecule is Cc1ccc(C(=O)NCC2(C(=O)O)CC2)c(Br)c1. The van der Waals surface area contributed by atoms with Gasteiger partial charge in [-0.05, 0) is 53.4 Å². The maximum Gasteiger partial charge on any atom is 0.311 e. The van der Waals surface area contributed by atoms with E-state index in [-0.39, 0.29) is 12.5 Å². The number of aryl methyl sites for hydroxylation is 1. The maximum absolute atomic E-state index is 11.9. The van der Waals surface area contributed by atoms with Gasteiger partial charge in [-0.25, -0.2) is 0 Å². The normalized spacial score (nSPS) is 16.1. The molecular formula is C13H14BrNO3. The van der Waals surface area contributed by atoms with Crippen molar-refractivity contribution in [3.63, 3.8) is 0 Å². The van der Waals surface area contributed by atoms with E-state index in [1.807, 2.05) is 19.1 Å². The third-order valence-electron chi connectivity index (χ3n) is 3.26. The molecule has 1 aromatic carbocycles. The standard InChI is InChI=1S/C13H14BrNO3/c1-8-2-3-9(10(14)6-8)11(16)15-7-13(4-5-13)12(17)18/h2-3,6H,4-5,7H2,1H3,(H,15,16)(H,17,18). The molecule has 4 nitrogen and oxygen atoms in total. The Kier molecular flexibility index (Phi) is 3.43. The second-order valence-corrected chi connectivity index (χ2v) is 5.61. The van der Waals surface area contributed by atoms with Crippen molar-refractivity contribution in [1.29, 1.82) is 0 Å². The van der Waals surface area contributed by atoms with Crippen LogP contribution in [0, 0.1) is 12.3 Å². The van der Waals surface area contributed by atoms with E-state index in [0.29, 0.717) is 18.4 Å². The Morgan fingerprint density at radius 3 is 2.61 bits per heavy atom. The third kappa shape index (κ3) is 2.56. The fourth-order valence-corrected chi connectivity index (χ4v) is 2.44. The van der Waals surface area contributed by atoms with E-state index in [0.717, 1.165) is 10.0 Å². The minimum absolute atomic E-state index is 0.196. The summed E-state index contributed by atoms with van der Waals surface area (Å²) in [5, 5.41) is 11.7. The fraction of sp³-hybridized carbons (Fsp3) is 0.385. The van der Waals surface area contributed by atoms with Crippen LogP contribution in [0.15, 0.2) is 22.7 Å². The molecule has 1 aromatic rings. The van der Waals surface area contributed by atoms with Gasteiger partial charge in [0.2, 0.25) is 0 Å². The van der Waals surface area contributed by atoms with Gasteiger partial charge in [-0.2, -0.15) is 0 Å². The zero-order valence-electron chi connectivity index (χ0n) is 10.00. The van der Waals surface area contributed by atoms with Crippen LogP contribution in [0.5, 0.6) is 0 Å². The smallest absolute Gasteiger partial charge is 0.311 e. The van der Waals surface area contributed by atoms with Crippen molar-refractivity contribution in [3.8, 4) is 0 Å².